The first kappa shape index (κ1) is 20.0. The highest BCUT2D eigenvalue weighted by atomic mass is 79.9. The van der Waals surface area contributed by atoms with E-state index in [1.165, 1.54) is 7.11 Å². The summed E-state index contributed by atoms with van der Waals surface area (Å²) < 4.78 is 11.6. The Hall–Kier alpha value is -2.77. The Morgan fingerprint density at radius 3 is 2.71 bits per heavy atom. The lowest BCUT2D eigenvalue weighted by Crippen LogP contribution is -2.30. The van der Waals surface area contributed by atoms with Gasteiger partial charge in [-0.1, -0.05) is 46.3 Å². The first-order valence-electron chi connectivity index (χ1n) is 8.18. The second-order valence-corrected chi connectivity index (χ2v) is 7.02. The van der Waals surface area contributed by atoms with Crippen LogP contribution in [0.4, 0.5) is 10.5 Å². The van der Waals surface area contributed by atoms with Crippen LogP contribution in [0, 0.1) is 0 Å². The third kappa shape index (κ3) is 4.05. The van der Waals surface area contributed by atoms with Crippen LogP contribution < -0.4 is 19.7 Å². The van der Waals surface area contributed by atoms with Crippen molar-refractivity contribution in [3.05, 3.63) is 69.8 Å². The number of benzene rings is 2. The topological polar surface area (TPSA) is 67.9 Å². The molecule has 144 valence electrons. The second-order valence-electron chi connectivity index (χ2n) is 5.73. The van der Waals surface area contributed by atoms with Crippen molar-refractivity contribution in [3.8, 4) is 11.5 Å². The third-order valence-corrected chi connectivity index (χ3v) is 4.81. The molecule has 0 atom stereocenters. The summed E-state index contributed by atoms with van der Waals surface area (Å²) in [6.07, 6.45) is 3.19. The van der Waals surface area contributed by atoms with Crippen molar-refractivity contribution < 1.29 is 19.1 Å². The summed E-state index contributed by atoms with van der Waals surface area (Å²) in [5.41, 5.74) is 1.16. The van der Waals surface area contributed by atoms with E-state index in [0.29, 0.717) is 38.9 Å². The van der Waals surface area contributed by atoms with Gasteiger partial charge in [-0.05, 0) is 42.0 Å². The van der Waals surface area contributed by atoms with Crippen LogP contribution >= 0.6 is 27.5 Å². The van der Waals surface area contributed by atoms with Gasteiger partial charge >= 0.3 is 6.03 Å². The van der Waals surface area contributed by atoms with Gasteiger partial charge < -0.3 is 14.8 Å². The number of nitrogens with one attached hydrogen (secondary N) is 1. The molecule has 0 aliphatic carbocycles. The highest BCUT2D eigenvalue weighted by Crippen LogP contribution is 2.35. The van der Waals surface area contributed by atoms with Crippen molar-refractivity contribution in [3.63, 3.8) is 0 Å². The summed E-state index contributed by atoms with van der Waals surface area (Å²) in [7, 11) is 1.52. The fourth-order valence-corrected chi connectivity index (χ4v) is 3.24. The molecule has 3 amide bonds. The SMILES string of the molecule is C=CCOc1cc(Br)c(C=C2NC(=O)N(c3cccc(Cl)c3)C2=O)cc1OC. The molecule has 1 heterocycles. The molecule has 0 bridgehead atoms. The van der Waals surface area contributed by atoms with E-state index in [1.54, 1.807) is 48.6 Å². The molecule has 2 aromatic carbocycles. The summed E-state index contributed by atoms with van der Waals surface area (Å²) in [5.74, 6) is 0.532. The number of halogens is 2. The van der Waals surface area contributed by atoms with Gasteiger partial charge in [0.05, 0.1) is 12.8 Å². The van der Waals surface area contributed by atoms with Crippen LogP contribution in [0.1, 0.15) is 5.56 Å². The van der Waals surface area contributed by atoms with E-state index in [4.69, 9.17) is 21.1 Å². The molecule has 8 heteroatoms. The summed E-state index contributed by atoms with van der Waals surface area (Å²) in [6, 6.07) is 9.40. The maximum absolute atomic E-state index is 12.8. The number of anilines is 1. The van der Waals surface area contributed by atoms with Crippen molar-refractivity contribution in [2.24, 2.45) is 0 Å². The number of ether oxygens (including phenoxy) is 2. The molecule has 0 unspecified atom stereocenters. The van der Waals surface area contributed by atoms with Gasteiger partial charge in [-0.3, -0.25) is 4.79 Å². The van der Waals surface area contributed by atoms with Gasteiger partial charge in [0.2, 0.25) is 0 Å². The zero-order valence-corrected chi connectivity index (χ0v) is 17.2. The first-order valence-corrected chi connectivity index (χ1v) is 9.35. The molecule has 2 aromatic rings. The van der Waals surface area contributed by atoms with E-state index in [1.807, 2.05) is 0 Å². The Kier molecular flexibility index (Phi) is 6.06. The molecule has 1 fully saturated rings. The number of nitrogens with zero attached hydrogens (tertiary/aromatic N) is 1. The summed E-state index contributed by atoms with van der Waals surface area (Å²) in [5, 5.41) is 3.01. The zero-order chi connectivity index (χ0) is 20.3. The Labute approximate surface area is 175 Å². The fraction of sp³-hybridized carbons (Fsp3) is 0.100. The van der Waals surface area contributed by atoms with E-state index in [-0.39, 0.29) is 5.70 Å². The molecule has 0 saturated carbocycles. The van der Waals surface area contributed by atoms with Crippen LogP contribution in [-0.4, -0.2) is 25.7 Å². The van der Waals surface area contributed by atoms with Crippen molar-refractivity contribution in [2.75, 3.05) is 18.6 Å². The van der Waals surface area contributed by atoms with Gasteiger partial charge in [0.25, 0.3) is 5.91 Å². The van der Waals surface area contributed by atoms with E-state index in [2.05, 4.69) is 27.8 Å². The number of carbonyl (C=O) groups is 2. The van der Waals surface area contributed by atoms with Gasteiger partial charge in [0.1, 0.15) is 12.3 Å². The van der Waals surface area contributed by atoms with Crippen LogP contribution in [0.2, 0.25) is 5.02 Å². The quantitative estimate of drug-likeness (QED) is 0.380. The number of amides is 3. The van der Waals surface area contributed by atoms with Crippen LogP contribution in [0.5, 0.6) is 11.5 Å². The summed E-state index contributed by atoms with van der Waals surface area (Å²) in [4.78, 5) is 26.1. The van der Waals surface area contributed by atoms with Crippen LogP contribution in [0.25, 0.3) is 6.08 Å². The van der Waals surface area contributed by atoms with E-state index >= 15 is 0 Å². The predicted octanol–water partition coefficient (Wildman–Crippen LogP) is 4.77. The Morgan fingerprint density at radius 2 is 2.04 bits per heavy atom. The molecule has 1 saturated heterocycles. The molecule has 28 heavy (non-hydrogen) atoms. The monoisotopic (exact) mass is 462 g/mol. The number of rotatable bonds is 6. The minimum Gasteiger partial charge on any atom is -0.493 e. The minimum atomic E-state index is -0.549. The van der Waals surface area contributed by atoms with Gasteiger partial charge in [0, 0.05) is 9.50 Å². The molecule has 0 aromatic heterocycles. The first-order chi connectivity index (χ1) is 13.4. The molecule has 1 N–H and O–H groups in total. The average Bonchev–Trinajstić information content (AvgIpc) is 2.95. The average molecular weight is 464 g/mol. The third-order valence-electron chi connectivity index (χ3n) is 3.88. The summed E-state index contributed by atoms with van der Waals surface area (Å²) in [6.45, 7) is 3.94. The van der Waals surface area contributed by atoms with Crippen molar-refractivity contribution in [2.45, 2.75) is 0 Å². The number of hydrogen-bond donors (Lipinski definition) is 1. The number of urea groups is 1. The Bertz CT molecular complexity index is 990. The van der Waals surface area contributed by atoms with Gasteiger partial charge in [0.15, 0.2) is 11.5 Å². The molecule has 1 aliphatic rings. The Morgan fingerprint density at radius 1 is 1.25 bits per heavy atom. The van der Waals surface area contributed by atoms with E-state index < -0.39 is 11.9 Å². The lowest BCUT2D eigenvalue weighted by Gasteiger charge is -2.12. The van der Waals surface area contributed by atoms with Gasteiger partial charge in [-0.25, -0.2) is 9.69 Å². The molecule has 0 radical (unpaired) electrons. The van der Waals surface area contributed by atoms with Gasteiger partial charge in [-0.15, -0.1) is 0 Å². The lowest BCUT2D eigenvalue weighted by atomic mass is 10.1. The van der Waals surface area contributed by atoms with E-state index in [0.717, 1.165) is 4.90 Å². The van der Waals surface area contributed by atoms with Gasteiger partial charge in [-0.2, -0.15) is 0 Å². The van der Waals surface area contributed by atoms with Crippen molar-refractivity contribution >= 4 is 51.2 Å². The Balaban J connectivity index is 1.94. The molecular weight excluding hydrogens is 448 g/mol. The predicted molar refractivity (Wildman–Crippen MR) is 112 cm³/mol. The number of hydrogen-bond acceptors (Lipinski definition) is 4. The normalized spacial score (nSPS) is 15.0. The van der Waals surface area contributed by atoms with Crippen LogP contribution in [0.15, 0.2) is 59.2 Å². The zero-order valence-electron chi connectivity index (χ0n) is 14.9. The lowest BCUT2D eigenvalue weighted by molar-refractivity contribution is -0.113. The second kappa shape index (κ2) is 8.50. The minimum absolute atomic E-state index is 0.132. The standard InChI is InChI=1S/C20H16BrClN2O4/c1-3-7-28-18-11-15(21)12(9-17(18)27-2)8-16-19(25)24(20(26)23-16)14-6-4-5-13(22)10-14/h3-6,8-11H,1,7H2,2H3,(H,23,26). The maximum Gasteiger partial charge on any atom is 0.333 e. The van der Waals surface area contributed by atoms with Crippen LogP contribution in [0.3, 0.4) is 0 Å². The van der Waals surface area contributed by atoms with Crippen molar-refractivity contribution in [1.82, 2.24) is 5.32 Å². The van der Waals surface area contributed by atoms with E-state index in [9.17, 15) is 9.59 Å². The molecule has 0 spiro atoms. The smallest absolute Gasteiger partial charge is 0.333 e. The largest absolute Gasteiger partial charge is 0.493 e. The maximum atomic E-state index is 12.8. The molecular formula is C20H16BrClN2O4. The number of carbonyl (C=O) groups excluding carboxylic acids is 2. The molecule has 6 nitrogen and oxygen atoms in total. The fourth-order valence-electron chi connectivity index (χ4n) is 2.62. The van der Waals surface area contributed by atoms with Crippen LogP contribution in [-0.2, 0) is 4.79 Å². The number of methoxy groups -OCH3 is 1. The highest BCUT2D eigenvalue weighted by Gasteiger charge is 2.35. The molecule has 1 aliphatic heterocycles. The number of imide groups is 1. The highest BCUT2D eigenvalue weighted by molar-refractivity contribution is 9.10. The van der Waals surface area contributed by atoms with Crippen molar-refractivity contribution in [1.29, 1.82) is 0 Å². The summed E-state index contributed by atoms with van der Waals surface area (Å²) >= 11 is 9.42. The molecule has 3 rings (SSSR count).